The van der Waals surface area contributed by atoms with Crippen LogP contribution in [0.1, 0.15) is 27.7 Å². The number of hydrogen-bond donors (Lipinski definition) is 0. The van der Waals surface area contributed by atoms with Gasteiger partial charge in [-0.3, -0.25) is 9.59 Å². The van der Waals surface area contributed by atoms with Crippen molar-refractivity contribution in [2.45, 2.75) is 6.04 Å². The summed E-state index contributed by atoms with van der Waals surface area (Å²) < 4.78 is 16.5. The van der Waals surface area contributed by atoms with Crippen LogP contribution < -0.4 is 14.9 Å². The average molecular weight is 377 g/mol. The van der Waals surface area contributed by atoms with Crippen molar-refractivity contribution in [2.24, 2.45) is 0 Å². The molecule has 0 aliphatic carbocycles. The first-order valence-electron chi connectivity index (χ1n) is 8.80. The number of fused-ring (bicyclic) bond motifs is 2. The number of carbonyl (C=O) groups excluding carboxylic acids is 1. The Labute approximate surface area is 161 Å². The van der Waals surface area contributed by atoms with Crippen LogP contribution in [0.25, 0.3) is 11.0 Å². The van der Waals surface area contributed by atoms with Crippen LogP contribution in [0.3, 0.4) is 0 Å². The first kappa shape index (κ1) is 17.9. The van der Waals surface area contributed by atoms with Gasteiger partial charge in [0.15, 0.2) is 16.9 Å². The molecule has 3 aromatic rings. The first-order valence-corrected chi connectivity index (χ1v) is 8.80. The van der Waals surface area contributed by atoms with Gasteiger partial charge in [0.1, 0.15) is 5.58 Å². The second-order valence-electron chi connectivity index (χ2n) is 6.43. The van der Waals surface area contributed by atoms with Gasteiger partial charge in [-0.2, -0.15) is 0 Å². The average Bonchev–Trinajstić information content (AvgIpc) is 3.00. The molecule has 1 aliphatic heterocycles. The number of rotatable bonds is 5. The quantitative estimate of drug-likeness (QED) is 0.636. The summed E-state index contributed by atoms with van der Waals surface area (Å²) in [5.41, 5.74) is 1.25. The summed E-state index contributed by atoms with van der Waals surface area (Å²) >= 11 is 0. The Balaban J connectivity index is 1.99. The standard InChI is InChI=1S/C22H19NO5/c1-4-11-23-19(13-9-10-16(26-2)17(12-13)27-3)18-20(24)14-7-5-6-8-15(14)28-21(18)22(23)25/h4-10,12,19H,1,11H2,2-3H3/t19-/m1/s1. The number of para-hydroxylation sites is 1. The number of methoxy groups -OCH3 is 2. The smallest absolute Gasteiger partial charge is 0.291 e. The van der Waals surface area contributed by atoms with Crippen molar-refractivity contribution in [3.05, 3.63) is 82.2 Å². The molecule has 0 bridgehead atoms. The fraction of sp³-hybridized carbons (Fsp3) is 0.182. The van der Waals surface area contributed by atoms with Gasteiger partial charge in [0.25, 0.3) is 5.91 Å². The fourth-order valence-electron chi connectivity index (χ4n) is 3.66. The van der Waals surface area contributed by atoms with Gasteiger partial charge in [0.05, 0.1) is 31.2 Å². The maximum Gasteiger partial charge on any atom is 0.291 e. The molecule has 0 fully saturated rings. The number of carbonyl (C=O) groups is 1. The van der Waals surface area contributed by atoms with E-state index >= 15 is 0 Å². The van der Waals surface area contributed by atoms with E-state index in [1.807, 2.05) is 6.07 Å². The zero-order chi connectivity index (χ0) is 19.8. The summed E-state index contributed by atoms with van der Waals surface area (Å²) in [7, 11) is 3.09. The van der Waals surface area contributed by atoms with Crippen molar-refractivity contribution < 1.29 is 18.7 Å². The van der Waals surface area contributed by atoms with Crippen molar-refractivity contribution in [1.29, 1.82) is 0 Å². The lowest BCUT2D eigenvalue weighted by Gasteiger charge is -2.24. The zero-order valence-electron chi connectivity index (χ0n) is 15.6. The summed E-state index contributed by atoms with van der Waals surface area (Å²) in [6.07, 6.45) is 1.63. The highest BCUT2D eigenvalue weighted by Crippen LogP contribution is 2.40. The van der Waals surface area contributed by atoms with Crippen LogP contribution in [0.4, 0.5) is 0 Å². The van der Waals surface area contributed by atoms with Crippen molar-refractivity contribution in [2.75, 3.05) is 20.8 Å². The summed E-state index contributed by atoms with van der Waals surface area (Å²) in [4.78, 5) is 27.9. The second-order valence-corrected chi connectivity index (χ2v) is 6.43. The fourth-order valence-corrected chi connectivity index (χ4v) is 3.66. The van der Waals surface area contributed by atoms with Crippen molar-refractivity contribution in [1.82, 2.24) is 4.90 Å². The van der Waals surface area contributed by atoms with E-state index in [1.54, 1.807) is 61.6 Å². The maximum atomic E-state index is 13.3. The lowest BCUT2D eigenvalue weighted by molar-refractivity contribution is 0.0748. The molecule has 1 amide bonds. The molecule has 0 saturated heterocycles. The minimum Gasteiger partial charge on any atom is -0.493 e. The molecule has 2 aromatic carbocycles. The molecular weight excluding hydrogens is 358 g/mol. The third-order valence-electron chi connectivity index (χ3n) is 4.92. The topological polar surface area (TPSA) is 69.0 Å². The minimum absolute atomic E-state index is 0.0744. The molecule has 1 atom stereocenters. The lowest BCUT2D eigenvalue weighted by Crippen LogP contribution is -2.29. The lowest BCUT2D eigenvalue weighted by atomic mass is 9.98. The highest BCUT2D eigenvalue weighted by Gasteiger charge is 2.42. The maximum absolute atomic E-state index is 13.3. The van der Waals surface area contributed by atoms with E-state index < -0.39 is 6.04 Å². The van der Waals surface area contributed by atoms with Gasteiger partial charge in [-0.15, -0.1) is 6.58 Å². The van der Waals surface area contributed by atoms with Crippen molar-refractivity contribution in [3.8, 4) is 11.5 Å². The van der Waals surface area contributed by atoms with Crippen LogP contribution in [0.2, 0.25) is 0 Å². The van der Waals surface area contributed by atoms with Crippen molar-refractivity contribution >= 4 is 16.9 Å². The van der Waals surface area contributed by atoms with E-state index in [-0.39, 0.29) is 23.6 Å². The predicted molar refractivity (Wildman–Crippen MR) is 105 cm³/mol. The molecule has 6 heteroatoms. The summed E-state index contributed by atoms with van der Waals surface area (Å²) in [5.74, 6) is 0.823. The molecule has 0 unspecified atom stereocenters. The van der Waals surface area contributed by atoms with Crippen LogP contribution in [0, 0.1) is 0 Å². The predicted octanol–water partition coefficient (Wildman–Crippen LogP) is 3.54. The van der Waals surface area contributed by atoms with Gasteiger partial charge in [0.2, 0.25) is 5.76 Å². The van der Waals surface area contributed by atoms with Crippen LogP contribution in [-0.4, -0.2) is 31.6 Å². The Hall–Kier alpha value is -3.54. The van der Waals surface area contributed by atoms with Gasteiger partial charge in [0, 0.05) is 6.54 Å². The van der Waals surface area contributed by atoms with Crippen LogP contribution in [0.5, 0.6) is 11.5 Å². The van der Waals surface area contributed by atoms with E-state index in [4.69, 9.17) is 13.9 Å². The normalized spacial score (nSPS) is 15.6. The zero-order valence-corrected chi connectivity index (χ0v) is 15.6. The van der Waals surface area contributed by atoms with Crippen LogP contribution in [-0.2, 0) is 0 Å². The number of ether oxygens (including phenoxy) is 2. The number of hydrogen-bond acceptors (Lipinski definition) is 5. The molecule has 0 saturated carbocycles. The Bertz CT molecular complexity index is 1150. The monoisotopic (exact) mass is 377 g/mol. The molecule has 0 spiro atoms. The number of benzene rings is 2. The largest absolute Gasteiger partial charge is 0.493 e. The Kier molecular flexibility index (Phi) is 4.39. The molecule has 0 radical (unpaired) electrons. The van der Waals surface area contributed by atoms with Crippen LogP contribution in [0.15, 0.2) is 64.3 Å². The molecule has 28 heavy (non-hydrogen) atoms. The SMILES string of the molecule is C=CCN1C(=O)c2oc3ccccc3c(=O)c2[C@H]1c1ccc(OC)c(OC)c1. The highest BCUT2D eigenvalue weighted by molar-refractivity contribution is 5.99. The Morgan fingerprint density at radius 1 is 1.11 bits per heavy atom. The Morgan fingerprint density at radius 2 is 1.86 bits per heavy atom. The van der Waals surface area contributed by atoms with Crippen molar-refractivity contribution in [3.63, 3.8) is 0 Å². The van der Waals surface area contributed by atoms with E-state index in [1.165, 1.54) is 0 Å². The number of nitrogens with zero attached hydrogens (tertiary/aromatic N) is 1. The van der Waals surface area contributed by atoms with Gasteiger partial charge in [-0.05, 0) is 29.8 Å². The molecule has 142 valence electrons. The van der Waals surface area contributed by atoms with Gasteiger partial charge < -0.3 is 18.8 Å². The van der Waals surface area contributed by atoms with Gasteiger partial charge in [-0.1, -0.05) is 24.3 Å². The second kappa shape index (κ2) is 6.88. The molecule has 1 aromatic heterocycles. The van der Waals surface area contributed by atoms with Gasteiger partial charge in [-0.25, -0.2) is 0 Å². The minimum atomic E-state index is -0.596. The van der Waals surface area contributed by atoms with Crippen LogP contribution >= 0.6 is 0 Å². The summed E-state index contributed by atoms with van der Waals surface area (Å²) in [6, 6.07) is 11.7. The third kappa shape index (κ3) is 2.57. The summed E-state index contributed by atoms with van der Waals surface area (Å²) in [6.45, 7) is 4.02. The third-order valence-corrected chi connectivity index (χ3v) is 4.92. The molecule has 0 N–H and O–H groups in total. The molecule has 4 rings (SSSR count). The summed E-state index contributed by atoms with van der Waals surface area (Å²) in [5, 5.41) is 0.444. The molecule has 1 aliphatic rings. The van der Waals surface area contributed by atoms with E-state index in [0.717, 1.165) is 5.56 Å². The molecule has 6 nitrogen and oxygen atoms in total. The molecule has 2 heterocycles. The van der Waals surface area contributed by atoms with E-state index in [0.29, 0.717) is 28.0 Å². The highest BCUT2D eigenvalue weighted by atomic mass is 16.5. The van der Waals surface area contributed by atoms with Gasteiger partial charge >= 0.3 is 0 Å². The van der Waals surface area contributed by atoms with E-state index in [9.17, 15) is 9.59 Å². The van der Waals surface area contributed by atoms with E-state index in [2.05, 4.69) is 6.58 Å². The Morgan fingerprint density at radius 3 is 2.57 bits per heavy atom. The first-order chi connectivity index (χ1) is 13.6. The number of amides is 1. The molecular formula is C22H19NO5.